The summed E-state index contributed by atoms with van der Waals surface area (Å²) in [5.74, 6) is 1.34. The molecule has 0 amide bonds. The molecule has 4 heteroatoms. The maximum atomic E-state index is 10.4. The molecule has 3 nitrogen and oxygen atoms in total. The van der Waals surface area contributed by atoms with Gasteiger partial charge in [-0.25, -0.2) is 0 Å². The number of piperidine rings is 1. The van der Waals surface area contributed by atoms with Crippen molar-refractivity contribution < 1.29 is 22.3 Å². The molecule has 1 aromatic rings. The fourth-order valence-corrected chi connectivity index (χ4v) is 3.56. The van der Waals surface area contributed by atoms with Crippen molar-refractivity contribution in [2.24, 2.45) is 0 Å². The number of halogens is 1. The largest absolute Gasteiger partial charge is 1.00 e. The van der Waals surface area contributed by atoms with Gasteiger partial charge in [0.15, 0.2) is 0 Å². The lowest BCUT2D eigenvalue weighted by Gasteiger charge is -2.40. The zero-order valence-corrected chi connectivity index (χ0v) is 16.5. The van der Waals surface area contributed by atoms with Crippen LogP contribution in [0.4, 0.5) is 0 Å². The Kier molecular flexibility index (Phi) is 8.55. The number of benzene rings is 1. The van der Waals surface area contributed by atoms with E-state index in [4.69, 9.17) is 4.74 Å². The third kappa shape index (κ3) is 5.65. The van der Waals surface area contributed by atoms with Crippen LogP contribution in [0.5, 0.6) is 5.75 Å². The Labute approximate surface area is 153 Å². The standard InChI is InChI=1S/C20H33NO2.ClH/c1-14(2)19-10-9-15(3)11-20(19)23-13-18(22)12-21-16(4)7-6-8-17(21)5;/h9-11,14,16-18,22H,6-8,12-13H2,1-5H3;1H/p-1. The van der Waals surface area contributed by atoms with Crippen molar-refractivity contribution in [3.63, 3.8) is 0 Å². The molecule has 1 aliphatic heterocycles. The van der Waals surface area contributed by atoms with E-state index in [1.807, 2.05) is 0 Å². The van der Waals surface area contributed by atoms with Gasteiger partial charge >= 0.3 is 0 Å². The number of nitrogens with zero attached hydrogens (tertiary/aromatic N) is 1. The molecule has 3 unspecified atom stereocenters. The second kappa shape index (κ2) is 9.65. The van der Waals surface area contributed by atoms with Gasteiger partial charge < -0.3 is 22.3 Å². The van der Waals surface area contributed by atoms with Crippen molar-refractivity contribution in [3.05, 3.63) is 29.3 Å². The molecule has 1 saturated heterocycles. The molecule has 0 aliphatic carbocycles. The van der Waals surface area contributed by atoms with Crippen LogP contribution in [-0.4, -0.2) is 41.3 Å². The first-order chi connectivity index (χ1) is 10.9. The molecule has 138 valence electrons. The second-order valence-corrected chi connectivity index (χ2v) is 7.49. The summed E-state index contributed by atoms with van der Waals surface area (Å²) in [5, 5.41) is 10.4. The lowest BCUT2D eigenvalue weighted by molar-refractivity contribution is -0.00000703. The van der Waals surface area contributed by atoms with Crippen LogP contribution in [-0.2, 0) is 0 Å². The predicted molar refractivity (Wildman–Crippen MR) is 96.3 cm³/mol. The molecule has 0 aromatic heterocycles. The first-order valence-electron chi connectivity index (χ1n) is 9.05. The molecular formula is C20H33ClNO2-. The second-order valence-electron chi connectivity index (χ2n) is 7.49. The number of aliphatic hydroxyl groups excluding tert-OH is 1. The minimum Gasteiger partial charge on any atom is -1.00 e. The summed E-state index contributed by atoms with van der Waals surface area (Å²) in [4.78, 5) is 2.43. The van der Waals surface area contributed by atoms with E-state index in [2.05, 4.69) is 57.7 Å². The van der Waals surface area contributed by atoms with Gasteiger partial charge in [-0.05, 0) is 56.7 Å². The molecule has 0 bridgehead atoms. The topological polar surface area (TPSA) is 32.7 Å². The van der Waals surface area contributed by atoms with Gasteiger partial charge in [0, 0.05) is 18.6 Å². The molecule has 0 radical (unpaired) electrons. The van der Waals surface area contributed by atoms with Crippen molar-refractivity contribution in [1.29, 1.82) is 0 Å². The molecule has 1 fully saturated rings. The zero-order valence-electron chi connectivity index (χ0n) is 15.8. The number of aliphatic hydroxyl groups is 1. The number of aryl methyl sites for hydroxylation is 1. The highest BCUT2D eigenvalue weighted by atomic mass is 35.5. The molecule has 1 N–H and O–H groups in total. The molecule has 0 spiro atoms. The molecule has 1 aliphatic rings. The normalized spacial score (nSPS) is 23.0. The highest BCUT2D eigenvalue weighted by Crippen LogP contribution is 2.28. The Morgan fingerprint density at radius 2 is 1.83 bits per heavy atom. The SMILES string of the molecule is Cc1ccc(C(C)C)c(OCC(O)CN2C(C)CCCC2C)c1.[Cl-]. The van der Waals surface area contributed by atoms with E-state index in [0.29, 0.717) is 31.2 Å². The summed E-state index contributed by atoms with van der Waals surface area (Å²) in [6, 6.07) is 7.44. The van der Waals surface area contributed by atoms with Crippen LogP contribution in [0.25, 0.3) is 0 Å². The molecular weight excluding hydrogens is 322 g/mol. The molecule has 1 heterocycles. The fraction of sp³-hybridized carbons (Fsp3) is 0.700. The summed E-state index contributed by atoms with van der Waals surface area (Å²) in [6.07, 6.45) is 3.31. The van der Waals surface area contributed by atoms with Gasteiger partial charge in [-0.2, -0.15) is 0 Å². The average Bonchev–Trinajstić information content (AvgIpc) is 2.49. The smallest absolute Gasteiger partial charge is 0.123 e. The van der Waals surface area contributed by atoms with Gasteiger partial charge in [-0.1, -0.05) is 32.4 Å². The van der Waals surface area contributed by atoms with Gasteiger partial charge in [-0.15, -0.1) is 0 Å². The van der Waals surface area contributed by atoms with Crippen LogP contribution in [0.3, 0.4) is 0 Å². The van der Waals surface area contributed by atoms with Gasteiger partial charge in [0.2, 0.25) is 0 Å². The minimum absolute atomic E-state index is 0. The summed E-state index contributed by atoms with van der Waals surface area (Å²) in [5.41, 5.74) is 2.40. The Bertz CT molecular complexity index is 496. The highest BCUT2D eigenvalue weighted by molar-refractivity contribution is 5.39. The minimum atomic E-state index is -0.446. The number of hydrogen-bond acceptors (Lipinski definition) is 3. The van der Waals surface area contributed by atoms with Crippen LogP contribution < -0.4 is 17.1 Å². The van der Waals surface area contributed by atoms with Gasteiger partial charge in [0.25, 0.3) is 0 Å². The van der Waals surface area contributed by atoms with Crippen LogP contribution in [0.15, 0.2) is 18.2 Å². The first kappa shape index (κ1) is 21.3. The first-order valence-corrected chi connectivity index (χ1v) is 9.05. The van der Waals surface area contributed by atoms with Crippen LogP contribution >= 0.6 is 0 Å². The molecule has 1 aromatic carbocycles. The lowest BCUT2D eigenvalue weighted by atomic mass is 9.97. The number of likely N-dealkylation sites (tertiary alicyclic amines) is 1. The maximum absolute atomic E-state index is 10.4. The van der Waals surface area contributed by atoms with Crippen molar-refractivity contribution >= 4 is 0 Å². The van der Waals surface area contributed by atoms with E-state index in [9.17, 15) is 5.11 Å². The summed E-state index contributed by atoms with van der Waals surface area (Å²) < 4.78 is 5.98. The summed E-state index contributed by atoms with van der Waals surface area (Å²) >= 11 is 0. The Balaban J connectivity index is 0.00000288. The monoisotopic (exact) mass is 354 g/mol. The van der Waals surface area contributed by atoms with E-state index < -0.39 is 6.10 Å². The van der Waals surface area contributed by atoms with Gasteiger partial charge in [0.05, 0.1) is 0 Å². The Morgan fingerprint density at radius 1 is 1.21 bits per heavy atom. The van der Waals surface area contributed by atoms with Crippen molar-refractivity contribution in [2.45, 2.75) is 78.0 Å². The highest BCUT2D eigenvalue weighted by Gasteiger charge is 2.26. The summed E-state index contributed by atoms with van der Waals surface area (Å²) in [6.45, 7) is 12.0. The molecule has 3 atom stereocenters. The third-order valence-corrected chi connectivity index (χ3v) is 5.02. The van der Waals surface area contributed by atoms with Crippen LogP contribution in [0, 0.1) is 6.92 Å². The average molecular weight is 355 g/mol. The van der Waals surface area contributed by atoms with E-state index in [1.165, 1.54) is 30.4 Å². The number of β-amino-alcohol motifs (C(OH)–C–C–N with tert-alkyl or cyclic N) is 1. The number of rotatable bonds is 6. The lowest BCUT2D eigenvalue weighted by Crippen LogP contribution is -3.00. The predicted octanol–water partition coefficient (Wildman–Crippen LogP) is 1.13. The van der Waals surface area contributed by atoms with E-state index in [-0.39, 0.29) is 12.4 Å². The Morgan fingerprint density at radius 3 is 2.42 bits per heavy atom. The zero-order chi connectivity index (χ0) is 17.0. The molecule has 0 saturated carbocycles. The Hall–Kier alpha value is -0.770. The van der Waals surface area contributed by atoms with Gasteiger partial charge in [-0.3, -0.25) is 4.90 Å². The number of hydrogen-bond donors (Lipinski definition) is 1. The van der Waals surface area contributed by atoms with Crippen LogP contribution in [0.1, 0.15) is 64.0 Å². The van der Waals surface area contributed by atoms with Crippen molar-refractivity contribution in [2.75, 3.05) is 13.2 Å². The van der Waals surface area contributed by atoms with E-state index >= 15 is 0 Å². The number of ether oxygens (including phenoxy) is 1. The summed E-state index contributed by atoms with van der Waals surface area (Å²) in [7, 11) is 0. The molecule has 24 heavy (non-hydrogen) atoms. The van der Waals surface area contributed by atoms with Crippen LogP contribution in [0.2, 0.25) is 0 Å². The fourth-order valence-electron chi connectivity index (χ4n) is 3.56. The van der Waals surface area contributed by atoms with Crippen molar-refractivity contribution in [1.82, 2.24) is 4.90 Å². The quantitative estimate of drug-likeness (QED) is 0.831. The van der Waals surface area contributed by atoms with E-state index in [0.717, 1.165) is 5.75 Å². The third-order valence-electron chi connectivity index (χ3n) is 5.02. The van der Waals surface area contributed by atoms with Gasteiger partial charge in [0.1, 0.15) is 18.5 Å². The maximum Gasteiger partial charge on any atom is 0.123 e. The van der Waals surface area contributed by atoms with E-state index in [1.54, 1.807) is 0 Å². The van der Waals surface area contributed by atoms with Crippen molar-refractivity contribution in [3.8, 4) is 5.75 Å². The molecule has 2 rings (SSSR count).